The van der Waals surface area contributed by atoms with Crippen molar-refractivity contribution in [3.05, 3.63) is 0 Å². The normalized spacial score (nSPS) is 29.1. The van der Waals surface area contributed by atoms with Crippen molar-refractivity contribution < 1.29 is 0 Å². The molecule has 1 saturated heterocycles. The Morgan fingerprint density at radius 2 is 1.46 bits per heavy atom. The first-order chi connectivity index (χ1) is 5.79. The van der Waals surface area contributed by atoms with Gasteiger partial charge in [0.15, 0.2) is 0 Å². The standard InChI is InChI=1S/C11H24N2/c1-10(2)7-9(12-5)8-11(3,4)13(10)6/h9,12H,7-8H2,1-6H3. The molecule has 0 atom stereocenters. The Kier molecular flexibility index (Phi) is 2.75. The minimum absolute atomic E-state index is 0.315. The van der Waals surface area contributed by atoms with Crippen molar-refractivity contribution in [3.63, 3.8) is 0 Å². The fourth-order valence-electron chi connectivity index (χ4n) is 2.58. The zero-order chi connectivity index (χ0) is 10.3. The molecule has 1 heterocycles. The Labute approximate surface area is 82.7 Å². The van der Waals surface area contributed by atoms with Gasteiger partial charge in [0.25, 0.3) is 0 Å². The van der Waals surface area contributed by atoms with E-state index in [1.165, 1.54) is 12.8 Å². The molecule has 0 amide bonds. The molecule has 2 heteroatoms. The van der Waals surface area contributed by atoms with Crippen molar-refractivity contribution in [3.8, 4) is 0 Å². The van der Waals surface area contributed by atoms with Gasteiger partial charge in [-0.05, 0) is 54.6 Å². The molecular formula is C11H24N2. The van der Waals surface area contributed by atoms with Gasteiger partial charge in [0, 0.05) is 17.1 Å². The van der Waals surface area contributed by atoms with E-state index in [4.69, 9.17) is 0 Å². The van der Waals surface area contributed by atoms with E-state index in [1.807, 2.05) is 0 Å². The molecule has 13 heavy (non-hydrogen) atoms. The van der Waals surface area contributed by atoms with Crippen LogP contribution in [0.15, 0.2) is 0 Å². The van der Waals surface area contributed by atoms with Gasteiger partial charge in [0.2, 0.25) is 0 Å². The highest BCUT2D eigenvalue weighted by Gasteiger charge is 2.42. The lowest BCUT2D eigenvalue weighted by atomic mass is 9.77. The smallest absolute Gasteiger partial charge is 0.0170 e. The Balaban J connectivity index is 2.82. The molecule has 1 rings (SSSR count). The van der Waals surface area contributed by atoms with E-state index in [0.29, 0.717) is 17.1 Å². The quantitative estimate of drug-likeness (QED) is 0.669. The summed E-state index contributed by atoms with van der Waals surface area (Å²) < 4.78 is 0. The van der Waals surface area contributed by atoms with E-state index in [9.17, 15) is 0 Å². The van der Waals surface area contributed by atoms with Crippen molar-refractivity contribution >= 4 is 0 Å². The van der Waals surface area contributed by atoms with Crippen LogP contribution in [0.2, 0.25) is 0 Å². The fourth-order valence-corrected chi connectivity index (χ4v) is 2.58. The van der Waals surface area contributed by atoms with E-state index >= 15 is 0 Å². The molecule has 1 N–H and O–H groups in total. The summed E-state index contributed by atoms with van der Waals surface area (Å²) in [6.45, 7) is 9.33. The average molecular weight is 184 g/mol. The van der Waals surface area contributed by atoms with Crippen LogP contribution in [0.5, 0.6) is 0 Å². The van der Waals surface area contributed by atoms with Gasteiger partial charge in [-0.3, -0.25) is 4.90 Å². The number of hydrogen-bond acceptors (Lipinski definition) is 2. The van der Waals surface area contributed by atoms with E-state index in [0.717, 1.165) is 0 Å². The van der Waals surface area contributed by atoms with Gasteiger partial charge in [0.05, 0.1) is 0 Å². The zero-order valence-corrected chi connectivity index (χ0v) is 9.94. The van der Waals surface area contributed by atoms with Crippen molar-refractivity contribution in [2.24, 2.45) is 0 Å². The zero-order valence-electron chi connectivity index (χ0n) is 9.94. The average Bonchev–Trinajstić information content (AvgIpc) is 1.99. The molecule has 0 spiro atoms. The summed E-state index contributed by atoms with van der Waals surface area (Å²) in [5.74, 6) is 0. The maximum atomic E-state index is 3.41. The molecule has 78 valence electrons. The summed E-state index contributed by atoms with van der Waals surface area (Å²) in [6.07, 6.45) is 2.48. The third-order valence-corrected chi connectivity index (χ3v) is 3.72. The second-order valence-corrected chi connectivity index (χ2v) is 5.58. The largest absolute Gasteiger partial charge is 0.317 e. The van der Waals surface area contributed by atoms with Crippen molar-refractivity contribution in [2.45, 2.75) is 57.7 Å². The third kappa shape index (κ3) is 2.05. The van der Waals surface area contributed by atoms with Gasteiger partial charge in [0.1, 0.15) is 0 Å². The topological polar surface area (TPSA) is 15.3 Å². The summed E-state index contributed by atoms with van der Waals surface area (Å²) >= 11 is 0. The molecule has 0 bridgehead atoms. The van der Waals surface area contributed by atoms with E-state index in [1.54, 1.807) is 0 Å². The highest BCUT2D eigenvalue weighted by molar-refractivity contribution is 5.00. The summed E-state index contributed by atoms with van der Waals surface area (Å²) in [4.78, 5) is 2.51. The number of rotatable bonds is 1. The van der Waals surface area contributed by atoms with Gasteiger partial charge < -0.3 is 5.32 Å². The Hall–Kier alpha value is -0.0800. The van der Waals surface area contributed by atoms with Gasteiger partial charge in [-0.25, -0.2) is 0 Å². The summed E-state index contributed by atoms with van der Waals surface area (Å²) in [5, 5.41) is 3.41. The van der Waals surface area contributed by atoms with Gasteiger partial charge >= 0.3 is 0 Å². The Bertz CT molecular complexity index is 167. The SMILES string of the molecule is CNC1CC(C)(C)N(C)C(C)(C)C1. The molecule has 0 saturated carbocycles. The monoisotopic (exact) mass is 184 g/mol. The summed E-state index contributed by atoms with van der Waals surface area (Å²) in [6, 6.07) is 0.668. The van der Waals surface area contributed by atoms with Crippen molar-refractivity contribution in [1.82, 2.24) is 10.2 Å². The summed E-state index contributed by atoms with van der Waals surface area (Å²) in [5.41, 5.74) is 0.630. The van der Waals surface area contributed by atoms with Crippen LogP contribution < -0.4 is 5.32 Å². The van der Waals surface area contributed by atoms with Crippen molar-refractivity contribution in [2.75, 3.05) is 14.1 Å². The third-order valence-electron chi connectivity index (χ3n) is 3.72. The van der Waals surface area contributed by atoms with Crippen LogP contribution in [0.25, 0.3) is 0 Å². The molecule has 0 aromatic carbocycles. The molecule has 1 aliphatic rings. The minimum Gasteiger partial charge on any atom is -0.317 e. The van der Waals surface area contributed by atoms with Crippen LogP contribution >= 0.6 is 0 Å². The van der Waals surface area contributed by atoms with Crippen LogP contribution in [0.1, 0.15) is 40.5 Å². The van der Waals surface area contributed by atoms with Gasteiger partial charge in [-0.15, -0.1) is 0 Å². The number of nitrogens with one attached hydrogen (secondary N) is 1. The molecule has 0 unspecified atom stereocenters. The first-order valence-electron chi connectivity index (χ1n) is 5.21. The van der Waals surface area contributed by atoms with Gasteiger partial charge in [-0.1, -0.05) is 0 Å². The predicted octanol–water partition coefficient (Wildman–Crippen LogP) is 1.86. The lowest BCUT2D eigenvalue weighted by Crippen LogP contribution is -2.61. The second-order valence-electron chi connectivity index (χ2n) is 5.58. The maximum absolute atomic E-state index is 3.41. The van der Waals surface area contributed by atoms with Crippen molar-refractivity contribution in [1.29, 1.82) is 0 Å². The number of piperidine rings is 1. The summed E-state index contributed by atoms with van der Waals surface area (Å²) in [7, 11) is 4.31. The molecule has 0 aromatic heterocycles. The number of likely N-dealkylation sites (tertiary alicyclic amines) is 1. The Morgan fingerprint density at radius 3 is 1.77 bits per heavy atom. The molecule has 0 radical (unpaired) electrons. The molecular weight excluding hydrogens is 160 g/mol. The highest BCUT2D eigenvalue weighted by atomic mass is 15.2. The maximum Gasteiger partial charge on any atom is 0.0170 e. The Morgan fingerprint density at radius 1 is 1.08 bits per heavy atom. The minimum atomic E-state index is 0.315. The molecule has 2 nitrogen and oxygen atoms in total. The lowest BCUT2D eigenvalue weighted by Gasteiger charge is -2.53. The van der Waals surface area contributed by atoms with Crippen LogP contribution in [-0.2, 0) is 0 Å². The fraction of sp³-hybridized carbons (Fsp3) is 1.00. The van der Waals surface area contributed by atoms with Crippen LogP contribution in [0.3, 0.4) is 0 Å². The lowest BCUT2D eigenvalue weighted by molar-refractivity contribution is -0.0167. The first-order valence-corrected chi connectivity index (χ1v) is 5.21. The molecule has 1 aliphatic heterocycles. The number of hydrogen-bond donors (Lipinski definition) is 1. The van der Waals surface area contributed by atoms with E-state index in [-0.39, 0.29) is 0 Å². The van der Waals surface area contributed by atoms with E-state index in [2.05, 4.69) is 52.0 Å². The first kappa shape index (κ1) is 11.0. The second kappa shape index (κ2) is 3.25. The van der Waals surface area contributed by atoms with E-state index < -0.39 is 0 Å². The molecule has 1 fully saturated rings. The van der Waals surface area contributed by atoms with Gasteiger partial charge in [-0.2, -0.15) is 0 Å². The molecule has 0 aliphatic carbocycles. The van der Waals surface area contributed by atoms with Crippen LogP contribution in [0.4, 0.5) is 0 Å². The number of nitrogens with zero attached hydrogens (tertiary/aromatic N) is 1. The highest BCUT2D eigenvalue weighted by Crippen LogP contribution is 2.36. The van der Waals surface area contributed by atoms with Crippen LogP contribution in [0, 0.1) is 0 Å². The van der Waals surface area contributed by atoms with Crippen LogP contribution in [-0.4, -0.2) is 36.1 Å². The molecule has 0 aromatic rings. The predicted molar refractivity (Wildman–Crippen MR) is 58.0 cm³/mol.